The Kier molecular flexibility index (Phi) is 7.15. The van der Waals surface area contributed by atoms with E-state index in [0.717, 1.165) is 37.0 Å². The highest BCUT2D eigenvalue weighted by Crippen LogP contribution is 2.68. The zero-order valence-electron chi connectivity index (χ0n) is 23.1. The minimum absolute atomic E-state index is 0.0721. The molecule has 1 heterocycles. The molecule has 2 amide bonds. The largest absolute Gasteiger partial charge is 0.465 e. The maximum Gasteiger partial charge on any atom is 0.407 e. The fraction of sp³-hybridized carbons (Fsp3) is 0.933. The van der Waals surface area contributed by atoms with Crippen LogP contribution in [0.5, 0.6) is 0 Å². The Labute approximate surface area is 218 Å². The lowest BCUT2D eigenvalue weighted by molar-refractivity contribution is -0.135. The van der Waals surface area contributed by atoms with Crippen LogP contribution in [-0.4, -0.2) is 63.8 Å². The molecule has 1 saturated heterocycles. The van der Waals surface area contributed by atoms with E-state index in [9.17, 15) is 19.8 Å². The van der Waals surface area contributed by atoms with E-state index in [-0.39, 0.29) is 18.1 Å². The van der Waals surface area contributed by atoms with Crippen molar-refractivity contribution in [3.8, 4) is 0 Å². The van der Waals surface area contributed by atoms with Crippen molar-refractivity contribution in [1.29, 1.82) is 0 Å². The highest BCUT2D eigenvalue weighted by atomic mass is 16.4. The van der Waals surface area contributed by atoms with E-state index in [1.54, 1.807) is 0 Å². The number of carbonyl (C=O) groups is 2. The summed E-state index contributed by atoms with van der Waals surface area (Å²) in [7, 11) is 0. The second-order valence-electron chi connectivity index (χ2n) is 14.0. The molecular formula is C30H50N2O4. The first-order valence-electron chi connectivity index (χ1n) is 15.0. The fourth-order valence-corrected chi connectivity index (χ4v) is 10.4. The van der Waals surface area contributed by atoms with E-state index in [1.165, 1.54) is 49.8 Å². The molecule has 5 rings (SSSR count). The molecule has 4 saturated carbocycles. The van der Waals surface area contributed by atoms with Gasteiger partial charge in [-0.3, -0.25) is 4.79 Å². The monoisotopic (exact) mass is 502 g/mol. The zero-order valence-corrected chi connectivity index (χ0v) is 23.1. The van der Waals surface area contributed by atoms with Crippen LogP contribution in [0.4, 0.5) is 4.79 Å². The third-order valence-electron chi connectivity index (χ3n) is 12.4. The van der Waals surface area contributed by atoms with E-state index in [2.05, 4.69) is 20.8 Å². The van der Waals surface area contributed by atoms with Crippen molar-refractivity contribution in [2.75, 3.05) is 19.6 Å². The number of hydrogen-bond acceptors (Lipinski definition) is 3. The first-order chi connectivity index (χ1) is 17.0. The number of carboxylic acid groups (broad SMARTS) is 1. The van der Waals surface area contributed by atoms with Gasteiger partial charge in [0.05, 0.1) is 6.10 Å². The molecule has 1 aliphatic heterocycles. The van der Waals surface area contributed by atoms with E-state index < -0.39 is 6.09 Å². The SMILES string of the molecule is C[C@H](CCC(=O)N1CCN(C(=O)O)[C@@H](C)C1)[C@H]1CC[C@H]2[C@@H]3CC[C@H]4C[C@@H](O)CC[C@]4(C)[C@H]3CC[C@]12C. The van der Waals surface area contributed by atoms with Crippen LogP contribution in [0.25, 0.3) is 0 Å². The van der Waals surface area contributed by atoms with Crippen LogP contribution >= 0.6 is 0 Å². The maximum absolute atomic E-state index is 13.0. The smallest absolute Gasteiger partial charge is 0.407 e. The quantitative estimate of drug-likeness (QED) is 0.522. The average Bonchev–Trinajstić information content (AvgIpc) is 3.19. The van der Waals surface area contributed by atoms with Crippen LogP contribution in [-0.2, 0) is 4.79 Å². The normalized spacial score (nSPS) is 45.4. The van der Waals surface area contributed by atoms with Gasteiger partial charge in [-0.25, -0.2) is 4.79 Å². The first-order valence-corrected chi connectivity index (χ1v) is 15.0. The number of hydrogen-bond donors (Lipinski definition) is 2. The molecule has 6 heteroatoms. The molecule has 0 radical (unpaired) electrons. The lowest BCUT2D eigenvalue weighted by Crippen LogP contribution is -2.55. The predicted octanol–water partition coefficient (Wildman–Crippen LogP) is 5.63. The molecule has 0 spiro atoms. The number of amides is 2. The molecule has 0 unspecified atom stereocenters. The van der Waals surface area contributed by atoms with E-state index in [0.29, 0.717) is 54.6 Å². The number of aliphatic hydroxyl groups is 1. The van der Waals surface area contributed by atoms with Gasteiger partial charge < -0.3 is 20.0 Å². The number of fused-ring (bicyclic) bond motifs is 5. The van der Waals surface area contributed by atoms with Crippen LogP contribution in [0.2, 0.25) is 0 Å². The summed E-state index contributed by atoms with van der Waals surface area (Å²) in [6.07, 6.45) is 11.9. The van der Waals surface area contributed by atoms with Gasteiger partial charge in [-0.15, -0.1) is 0 Å². The molecule has 4 aliphatic carbocycles. The molecular weight excluding hydrogens is 452 g/mol. The lowest BCUT2D eigenvalue weighted by Gasteiger charge is -2.61. The van der Waals surface area contributed by atoms with E-state index in [1.807, 2.05) is 11.8 Å². The molecule has 0 aromatic rings. The van der Waals surface area contributed by atoms with Crippen molar-refractivity contribution in [1.82, 2.24) is 9.80 Å². The summed E-state index contributed by atoms with van der Waals surface area (Å²) < 4.78 is 0. The summed E-state index contributed by atoms with van der Waals surface area (Å²) in [6.45, 7) is 10.9. The van der Waals surface area contributed by atoms with Gasteiger partial charge in [-0.2, -0.15) is 0 Å². The standard InChI is InChI=1S/C30H50N2O4/c1-19(5-10-27(34)31-15-16-32(28(35)36)20(2)18-31)24-8-9-25-23-7-6-21-17-22(33)11-13-29(21,3)26(23)12-14-30(24,25)4/h19-26,33H,5-18H2,1-4H3,(H,35,36)/t19-,20+,21+,22+,23+,24-,25+,26+,29+,30-/m1/s1. The van der Waals surface area contributed by atoms with Crippen LogP contribution in [0, 0.1) is 46.3 Å². The Balaban J connectivity index is 1.19. The topological polar surface area (TPSA) is 81.1 Å². The first kappa shape index (κ1) is 26.3. The molecule has 2 N–H and O–H groups in total. The molecule has 5 fully saturated rings. The molecule has 0 bridgehead atoms. The Morgan fingerprint density at radius 2 is 1.69 bits per heavy atom. The maximum atomic E-state index is 13.0. The van der Waals surface area contributed by atoms with Gasteiger partial charge >= 0.3 is 6.09 Å². The Hall–Kier alpha value is -1.30. The van der Waals surface area contributed by atoms with Gasteiger partial charge in [-0.1, -0.05) is 20.8 Å². The highest BCUT2D eigenvalue weighted by Gasteiger charge is 2.60. The zero-order chi connectivity index (χ0) is 25.8. The van der Waals surface area contributed by atoms with E-state index >= 15 is 0 Å². The van der Waals surface area contributed by atoms with Gasteiger partial charge in [0.15, 0.2) is 0 Å². The molecule has 0 aromatic heterocycles. The molecule has 10 atom stereocenters. The third kappa shape index (κ3) is 4.37. The molecule has 6 nitrogen and oxygen atoms in total. The summed E-state index contributed by atoms with van der Waals surface area (Å²) in [5, 5.41) is 19.6. The second kappa shape index (κ2) is 9.78. The van der Waals surface area contributed by atoms with Crippen LogP contribution in [0.1, 0.15) is 98.3 Å². The van der Waals surface area contributed by atoms with Crippen LogP contribution < -0.4 is 0 Å². The van der Waals surface area contributed by atoms with Gasteiger partial charge in [0.1, 0.15) is 0 Å². The molecule has 36 heavy (non-hydrogen) atoms. The Morgan fingerprint density at radius 3 is 2.42 bits per heavy atom. The van der Waals surface area contributed by atoms with Crippen molar-refractivity contribution in [3.05, 3.63) is 0 Å². The van der Waals surface area contributed by atoms with Crippen molar-refractivity contribution in [3.63, 3.8) is 0 Å². The lowest BCUT2D eigenvalue weighted by atomic mass is 9.44. The number of piperazine rings is 1. The minimum atomic E-state index is -0.884. The highest BCUT2D eigenvalue weighted by molar-refractivity contribution is 5.76. The third-order valence-corrected chi connectivity index (χ3v) is 12.4. The number of aliphatic hydroxyl groups excluding tert-OH is 1. The summed E-state index contributed by atoms with van der Waals surface area (Å²) in [4.78, 5) is 27.7. The predicted molar refractivity (Wildman–Crippen MR) is 140 cm³/mol. The summed E-state index contributed by atoms with van der Waals surface area (Å²) in [5.74, 6) is 4.69. The molecule has 204 valence electrons. The molecule has 0 aromatic carbocycles. The Morgan fingerprint density at radius 1 is 0.972 bits per heavy atom. The minimum Gasteiger partial charge on any atom is -0.465 e. The Bertz CT molecular complexity index is 849. The summed E-state index contributed by atoms with van der Waals surface area (Å²) >= 11 is 0. The van der Waals surface area contributed by atoms with Crippen LogP contribution in [0.3, 0.4) is 0 Å². The van der Waals surface area contributed by atoms with Gasteiger partial charge in [0.25, 0.3) is 0 Å². The summed E-state index contributed by atoms with van der Waals surface area (Å²) in [6, 6.07) is -0.133. The van der Waals surface area contributed by atoms with Gasteiger partial charge in [0, 0.05) is 32.1 Å². The van der Waals surface area contributed by atoms with Crippen molar-refractivity contribution >= 4 is 12.0 Å². The number of nitrogens with zero attached hydrogens (tertiary/aromatic N) is 2. The average molecular weight is 503 g/mol. The van der Waals surface area contributed by atoms with Crippen LogP contribution in [0.15, 0.2) is 0 Å². The second-order valence-corrected chi connectivity index (χ2v) is 14.0. The summed E-state index contributed by atoms with van der Waals surface area (Å²) in [5.41, 5.74) is 0.837. The number of rotatable bonds is 4. The van der Waals surface area contributed by atoms with Gasteiger partial charge in [-0.05, 0) is 117 Å². The van der Waals surface area contributed by atoms with Crippen molar-refractivity contribution in [2.24, 2.45) is 46.3 Å². The number of carbonyl (C=O) groups excluding carboxylic acids is 1. The van der Waals surface area contributed by atoms with Gasteiger partial charge in [0.2, 0.25) is 5.91 Å². The van der Waals surface area contributed by atoms with E-state index in [4.69, 9.17) is 0 Å². The molecule has 5 aliphatic rings. The van der Waals surface area contributed by atoms with Crippen molar-refractivity contribution in [2.45, 2.75) is 110 Å². The fourth-order valence-electron chi connectivity index (χ4n) is 10.4. The van der Waals surface area contributed by atoms with Crippen molar-refractivity contribution < 1.29 is 19.8 Å².